The lowest BCUT2D eigenvalue weighted by Gasteiger charge is -2.15. The topological polar surface area (TPSA) is 55.2 Å². The molecular formula is C9H13ClN2O2. The largest absolute Gasteiger partial charge is 0.480 e. The Kier molecular flexibility index (Phi) is 3.66. The fraction of sp³-hybridized carbons (Fsp3) is 0.556. The highest BCUT2D eigenvalue weighted by Crippen LogP contribution is 2.26. The Morgan fingerprint density at radius 1 is 1.50 bits per heavy atom. The van der Waals surface area contributed by atoms with E-state index in [1.54, 1.807) is 0 Å². The molecule has 0 bridgehead atoms. The third kappa shape index (κ3) is 2.33. The maximum Gasteiger partial charge on any atom is 0.239 e. The molecule has 1 heterocycles. The molecule has 1 unspecified atom stereocenters. The molecule has 0 saturated heterocycles. The highest BCUT2D eigenvalue weighted by atomic mass is 35.5. The molecule has 0 saturated carbocycles. The Morgan fingerprint density at radius 2 is 2.14 bits per heavy atom. The van der Waals surface area contributed by atoms with Gasteiger partial charge in [-0.05, 0) is 5.92 Å². The van der Waals surface area contributed by atoms with Gasteiger partial charge in [-0.1, -0.05) is 25.4 Å². The summed E-state index contributed by atoms with van der Waals surface area (Å²) in [6, 6.07) is 0. The number of nitrogens with zero attached hydrogens (tertiary/aromatic N) is 2. The van der Waals surface area contributed by atoms with E-state index in [2.05, 4.69) is 9.97 Å². The average molecular weight is 217 g/mol. The third-order valence-corrected chi connectivity index (χ3v) is 2.02. The fourth-order valence-electron chi connectivity index (χ4n) is 1.03. The summed E-state index contributed by atoms with van der Waals surface area (Å²) in [4.78, 5) is 7.92. The van der Waals surface area contributed by atoms with Crippen molar-refractivity contribution in [2.45, 2.75) is 20.0 Å². The molecule has 1 atom stereocenters. The number of hydrogen-bond donors (Lipinski definition) is 1. The smallest absolute Gasteiger partial charge is 0.239 e. The predicted octanol–water partition coefficient (Wildman–Crippen LogP) is 1.83. The van der Waals surface area contributed by atoms with Crippen molar-refractivity contribution >= 4 is 11.6 Å². The normalized spacial score (nSPS) is 13.0. The number of halogens is 1. The molecule has 78 valence electrons. The molecule has 0 aliphatic heterocycles. The summed E-state index contributed by atoms with van der Waals surface area (Å²) in [5, 5.41) is 10.0. The summed E-state index contributed by atoms with van der Waals surface area (Å²) < 4.78 is 4.98. The molecule has 1 aromatic rings. The van der Waals surface area contributed by atoms with Crippen molar-refractivity contribution in [1.82, 2.24) is 9.97 Å². The molecule has 14 heavy (non-hydrogen) atoms. The summed E-state index contributed by atoms with van der Waals surface area (Å²) in [7, 11) is 1.47. The zero-order valence-electron chi connectivity index (χ0n) is 8.36. The van der Waals surface area contributed by atoms with Gasteiger partial charge >= 0.3 is 0 Å². The molecule has 0 amide bonds. The van der Waals surface area contributed by atoms with Crippen molar-refractivity contribution in [3.8, 4) is 5.88 Å². The molecule has 0 spiro atoms. The van der Waals surface area contributed by atoms with Crippen molar-refractivity contribution in [2.24, 2.45) is 5.92 Å². The lowest BCUT2D eigenvalue weighted by molar-refractivity contribution is 0.118. The SMILES string of the molecule is COc1nc(Cl)cnc1C(O)C(C)C. The highest BCUT2D eigenvalue weighted by molar-refractivity contribution is 6.29. The van der Waals surface area contributed by atoms with Gasteiger partial charge in [0.15, 0.2) is 5.15 Å². The number of rotatable bonds is 3. The van der Waals surface area contributed by atoms with Gasteiger partial charge in [-0.3, -0.25) is 0 Å². The van der Waals surface area contributed by atoms with Gasteiger partial charge in [0.05, 0.1) is 13.3 Å². The van der Waals surface area contributed by atoms with Crippen molar-refractivity contribution in [3.05, 3.63) is 17.0 Å². The third-order valence-electron chi connectivity index (χ3n) is 1.84. The van der Waals surface area contributed by atoms with Crippen LogP contribution >= 0.6 is 11.6 Å². The van der Waals surface area contributed by atoms with Gasteiger partial charge in [-0.15, -0.1) is 0 Å². The number of methoxy groups -OCH3 is 1. The molecule has 1 N–H and O–H groups in total. The van der Waals surface area contributed by atoms with Crippen LogP contribution in [0.4, 0.5) is 0 Å². The molecule has 0 radical (unpaired) electrons. The van der Waals surface area contributed by atoms with Crippen molar-refractivity contribution in [3.63, 3.8) is 0 Å². The number of aliphatic hydroxyl groups is 1. The van der Waals surface area contributed by atoms with Crippen LogP contribution in [0.1, 0.15) is 25.6 Å². The monoisotopic (exact) mass is 216 g/mol. The number of hydrogen-bond acceptors (Lipinski definition) is 4. The van der Waals surface area contributed by atoms with Gasteiger partial charge in [-0.25, -0.2) is 4.98 Å². The van der Waals surface area contributed by atoms with Crippen LogP contribution < -0.4 is 4.74 Å². The lowest BCUT2D eigenvalue weighted by atomic mass is 10.0. The molecule has 0 aliphatic carbocycles. The standard InChI is InChI=1S/C9H13ClN2O2/c1-5(2)8(13)7-9(14-3)12-6(10)4-11-7/h4-5,8,13H,1-3H3. The highest BCUT2D eigenvalue weighted by Gasteiger charge is 2.19. The van der Waals surface area contributed by atoms with E-state index < -0.39 is 6.10 Å². The molecule has 1 aromatic heterocycles. The van der Waals surface area contributed by atoms with Gasteiger partial charge in [0, 0.05) is 0 Å². The van der Waals surface area contributed by atoms with E-state index in [1.165, 1.54) is 13.3 Å². The minimum Gasteiger partial charge on any atom is -0.480 e. The quantitative estimate of drug-likeness (QED) is 0.838. The summed E-state index contributed by atoms with van der Waals surface area (Å²) >= 11 is 5.64. The molecule has 4 nitrogen and oxygen atoms in total. The van der Waals surface area contributed by atoms with Crippen LogP contribution in [-0.4, -0.2) is 22.2 Å². The summed E-state index contributed by atoms with van der Waals surface area (Å²) in [5.74, 6) is 0.332. The Morgan fingerprint density at radius 3 is 2.64 bits per heavy atom. The van der Waals surface area contributed by atoms with E-state index in [-0.39, 0.29) is 17.0 Å². The van der Waals surface area contributed by atoms with Crippen molar-refractivity contribution < 1.29 is 9.84 Å². The first-order valence-electron chi connectivity index (χ1n) is 4.30. The van der Waals surface area contributed by atoms with Crippen LogP contribution in [0.25, 0.3) is 0 Å². The minimum absolute atomic E-state index is 0.0550. The van der Waals surface area contributed by atoms with Gasteiger partial charge in [0.25, 0.3) is 0 Å². The van der Waals surface area contributed by atoms with E-state index in [1.807, 2.05) is 13.8 Å². The number of aliphatic hydroxyl groups excluding tert-OH is 1. The Bertz CT molecular complexity index is 318. The zero-order chi connectivity index (χ0) is 10.7. The summed E-state index contributed by atoms with van der Waals surface area (Å²) in [6.45, 7) is 3.78. The molecule has 1 rings (SSSR count). The van der Waals surface area contributed by atoms with Crippen LogP contribution in [0, 0.1) is 5.92 Å². The van der Waals surface area contributed by atoms with Gasteiger partial charge < -0.3 is 9.84 Å². The molecular weight excluding hydrogens is 204 g/mol. The molecule has 0 fully saturated rings. The number of aromatic nitrogens is 2. The van der Waals surface area contributed by atoms with E-state index in [0.717, 1.165) is 0 Å². The fourth-order valence-corrected chi connectivity index (χ4v) is 1.16. The summed E-state index contributed by atoms with van der Waals surface area (Å²) in [5.41, 5.74) is 0.423. The maximum absolute atomic E-state index is 9.78. The van der Waals surface area contributed by atoms with Gasteiger partial charge in [0.1, 0.15) is 11.8 Å². The lowest BCUT2D eigenvalue weighted by Crippen LogP contribution is -2.10. The van der Waals surface area contributed by atoms with Gasteiger partial charge in [-0.2, -0.15) is 4.98 Å². The number of ether oxygens (including phenoxy) is 1. The van der Waals surface area contributed by atoms with E-state index in [9.17, 15) is 5.11 Å². The first kappa shape index (κ1) is 11.2. The second kappa shape index (κ2) is 4.57. The zero-order valence-corrected chi connectivity index (χ0v) is 9.12. The van der Waals surface area contributed by atoms with E-state index in [4.69, 9.17) is 16.3 Å². The van der Waals surface area contributed by atoms with Crippen molar-refractivity contribution in [1.29, 1.82) is 0 Å². The second-order valence-corrected chi connectivity index (χ2v) is 3.66. The Balaban J connectivity index is 3.07. The first-order chi connectivity index (χ1) is 6.56. The van der Waals surface area contributed by atoms with E-state index >= 15 is 0 Å². The van der Waals surface area contributed by atoms with Gasteiger partial charge in [0.2, 0.25) is 5.88 Å². The maximum atomic E-state index is 9.78. The Labute approximate surface area is 87.9 Å². The summed E-state index contributed by atoms with van der Waals surface area (Å²) in [6.07, 6.45) is 0.708. The average Bonchev–Trinajstić information content (AvgIpc) is 2.16. The molecule has 5 heteroatoms. The van der Waals surface area contributed by atoms with Crippen LogP contribution in [0.2, 0.25) is 5.15 Å². The van der Waals surface area contributed by atoms with Crippen molar-refractivity contribution in [2.75, 3.05) is 7.11 Å². The van der Waals surface area contributed by atoms with Crippen LogP contribution in [-0.2, 0) is 0 Å². The molecule has 0 aromatic carbocycles. The predicted molar refractivity (Wildman–Crippen MR) is 53.4 cm³/mol. The second-order valence-electron chi connectivity index (χ2n) is 3.28. The van der Waals surface area contributed by atoms with E-state index in [0.29, 0.717) is 5.69 Å². The minimum atomic E-state index is -0.685. The van der Waals surface area contributed by atoms with Crippen LogP contribution in [0.3, 0.4) is 0 Å². The van der Waals surface area contributed by atoms with Crippen LogP contribution in [0.5, 0.6) is 5.88 Å². The van der Waals surface area contributed by atoms with Crippen LogP contribution in [0.15, 0.2) is 6.20 Å². The molecule has 0 aliphatic rings. The Hall–Kier alpha value is -0.870. The first-order valence-corrected chi connectivity index (χ1v) is 4.68.